The molecule has 1 heterocycles. The summed E-state index contributed by atoms with van der Waals surface area (Å²) in [6.07, 6.45) is 5.46. The predicted octanol–water partition coefficient (Wildman–Crippen LogP) is 2.84. The van der Waals surface area contributed by atoms with Gasteiger partial charge in [-0.15, -0.1) is 0 Å². The first-order valence-corrected chi connectivity index (χ1v) is 7.63. The van der Waals surface area contributed by atoms with E-state index in [0.29, 0.717) is 18.0 Å². The van der Waals surface area contributed by atoms with Gasteiger partial charge in [0.1, 0.15) is 0 Å². The van der Waals surface area contributed by atoms with Gasteiger partial charge >= 0.3 is 0 Å². The summed E-state index contributed by atoms with van der Waals surface area (Å²) in [4.78, 5) is 15.3. The Bertz CT molecular complexity index is 639. The lowest BCUT2D eigenvalue weighted by molar-refractivity contribution is -0.00539. The van der Waals surface area contributed by atoms with Crippen molar-refractivity contribution in [3.63, 3.8) is 0 Å². The Morgan fingerprint density at radius 1 is 1.38 bits per heavy atom. The molecule has 1 aliphatic carbocycles. The summed E-state index contributed by atoms with van der Waals surface area (Å²) in [5, 5.41) is 14.4. The summed E-state index contributed by atoms with van der Waals surface area (Å²) in [7, 11) is 0. The number of H-pyrrole nitrogens is 1. The van der Waals surface area contributed by atoms with E-state index in [1.807, 2.05) is 24.4 Å². The van der Waals surface area contributed by atoms with Crippen LogP contribution in [0.1, 0.15) is 43.0 Å². The van der Waals surface area contributed by atoms with Gasteiger partial charge in [0.25, 0.3) is 5.91 Å². The molecule has 0 radical (unpaired) electrons. The average Bonchev–Trinajstić information content (AvgIpc) is 2.96. The topological polar surface area (TPSA) is 65.1 Å². The van der Waals surface area contributed by atoms with Crippen molar-refractivity contribution < 1.29 is 9.90 Å². The molecule has 0 spiro atoms. The normalized spacial score (nSPS) is 25.9. The zero-order chi connectivity index (χ0) is 14.9. The van der Waals surface area contributed by atoms with Crippen molar-refractivity contribution in [3.8, 4) is 0 Å². The number of hydrogen-bond acceptors (Lipinski definition) is 2. The van der Waals surface area contributed by atoms with Crippen molar-refractivity contribution in [3.05, 3.63) is 36.0 Å². The number of nitrogens with one attached hydrogen (secondary N) is 2. The number of aromatic amines is 1. The first-order chi connectivity index (χ1) is 10.1. The predicted molar refractivity (Wildman–Crippen MR) is 83.2 cm³/mol. The quantitative estimate of drug-likeness (QED) is 0.812. The number of rotatable bonds is 3. The van der Waals surface area contributed by atoms with Crippen LogP contribution in [0.3, 0.4) is 0 Å². The first-order valence-electron chi connectivity index (χ1n) is 7.63. The number of fused-ring (bicyclic) bond motifs is 1. The average molecular weight is 286 g/mol. The lowest BCUT2D eigenvalue weighted by Crippen LogP contribution is -2.45. The van der Waals surface area contributed by atoms with Gasteiger partial charge in [-0.3, -0.25) is 4.79 Å². The molecule has 3 N–H and O–H groups in total. The molecule has 4 heteroatoms. The van der Waals surface area contributed by atoms with E-state index in [9.17, 15) is 9.90 Å². The molecule has 1 aliphatic rings. The number of hydrogen-bond donors (Lipinski definition) is 3. The van der Waals surface area contributed by atoms with E-state index < -0.39 is 5.60 Å². The van der Waals surface area contributed by atoms with Crippen LogP contribution in [0.25, 0.3) is 10.9 Å². The van der Waals surface area contributed by atoms with Crippen LogP contribution < -0.4 is 5.32 Å². The molecule has 0 saturated heterocycles. The van der Waals surface area contributed by atoms with E-state index >= 15 is 0 Å². The van der Waals surface area contributed by atoms with Gasteiger partial charge in [-0.2, -0.15) is 0 Å². The fourth-order valence-corrected chi connectivity index (χ4v) is 3.02. The Balaban J connectivity index is 1.63. The van der Waals surface area contributed by atoms with Gasteiger partial charge < -0.3 is 15.4 Å². The Morgan fingerprint density at radius 2 is 2.14 bits per heavy atom. The van der Waals surface area contributed by atoms with Gasteiger partial charge in [0.15, 0.2) is 0 Å². The molecule has 4 nitrogen and oxygen atoms in total. The Hall–Kier alpha value is -1.81. The van der Waals surface area contributed by atoms with Gasteiger partial charge in [0.2, 0.25) is 0 Å². The summed E-state index contributed by atoms with van der Waals surface area (Å²) >= 11 is 0. The van der Waals surface area contributed by atoms with Crippen molar-refractivity contribution in [2.24, 2.45) is 5.92 Å². The van der Waals surface area contributed by atoms with Crippen LogP contribution in [0.15, 0.2) is 30.5 Å². The van der Waals surface area contributed by atoms with Gasteiger partial charge in [0, 0.05) is 29.2 Å². The third kappa shape index (κ3) is 3.10. The van der Waals surface area contributed by atoms with E-state index in [0.717, 1.165) is 36.6 Å². The van der Waals surface area contributed by atoms with Crippen molar-refractivity contribution in [2.75, 3.05) is 6.54 Å². The molecule has 1 fully saturated rings. The zero-order valence-electron chi connectivity index (χ0n) is 12.4. The number of amides is 1. The summed E-state index contributed by atoms with van der Waals surface area (Å²) in [6, 6.07) is 7.53. The van der Waals surface area contributed by atoms with Gasteiger partial charge in [-0.1, -0.05) is 6.92 Å². The van der Waals surface area contributed by atoms with Crippen LogP contribution in [0.4, 0.5) is 0 Å². The molecule has 0 aliphatic heterocycles. The highest BCUT2D eigenvalue weighted by atomic mass is 16.3. The van der Waals surface area contributed by atoms with Gasteiger partial charge in [-0.05, 0) is 55.9 Å². The number of benzene rings is 1. The maximum absolute atomic E-state index is 12.2. The number of carbonyl (C=O) groups excluding carboxylic acids is 1. The minimum atomic E-state index is -0.736. The second kappa shape index (κ2) is 5.53. The van der Waals surface area contributed by atoms with Crippen LogP contribution in [-0.4, -0.2) is 28.1 Å². The molecule has 112 valence electrons. The fraction of sp³-hybridized carbons (Fsp3) is 0.471. The second-order valence-corrected chi connectivity index (χ2v) is 6.37. The number of aromatic nitrogens is 1. The van der Waals surface area contributed by atoms with Crippen molar-refractivity contribution in [2.45, 2.75) is 38.2 Å². The van der Waals surface area contributed by atoms with Crippen LogP contribution >= 0.6 is 0 Å². The Labute approximate surface area is 124 Å². The Morgan fingerprint density at radius 3 is 2.90 bits per heavy atom. The van der Waals surface area contributed by atoms with Gasteiger partial charge in [0.05, 0.1) is 5.60 Å². The summed E-state index contributed by atoms with van der Waals surface area (Å²) in [5.41, 5.74) is 0.918. The van der Waals surface area contributed by atoms with E-state index in [4.69, 9.17) is 0 Å². The van der Waals surface area contributed by atoms with Crippen molar-refractivity contribution in [1.82, 2.24) is 10.3 Å². The van der Waals surface area contributed by atoms with E-state index in [2.05, 4.69) is 17.2 Å². The molecule has 1 saturated carbocycles. The molecule has 21 heavy (non-hydrogen) atoms. The molecule has 2 aromatic rings. The minimum Gasteiger partial charge on any atom is -0.388 e. The fourth-order valence-electron chi connectivity index (χ4n) is 3.02. The summed E-state index contributed by atoms with van der Waals surface area (Å²) < 4.78 is 0. The number of aliphatic hydroxyl groups is 1. The van der Waals surface area contributed by atoms with Crippen LogP contribution in [0.2, 0.25) is 0 Å². The molecule has 1 amide bonds. The number of carbonyl (C=O) groups is 1. The molecule has 0 atom stereocenters. The van der Waals surface area contributed by atoms with Crippen LogP contribution in [0.5, 0.6) is 0 Å². The largest absolute Gasteiger partial charge is 0.388 e. The van der Waals surface area contributed by atoms with Crippen molar-refractivity contribution in [1.29, 1.82) is 0 Å². The lowest BCUT2D eigenvalue weighted by atomic mass is 9.79. The van der Waals surface area contributed by atoms with E-state index in [1.165, 1.54) is 0 Å². The molecular weight excluding hydrogens is 264 g/mol. The SMILES string of the molecule is CC1CCC(O)(CNC(=O)c2ccc3[nH]ccc3c2)CC1. The minimum absolute atomic E-state index is 0.120. The molecule has 1 aromatic heterocycles. The van der Waals surface area contributed by atoms with Crippen LogP contribution in [-0.2, 0) is 0 Å². The van der Waals surface area contributed by atoms with Crippen molar-refractivity contribution >= 4 is 16.8 Å². The maximum Gasteiger partial charge on any atom is 0.251 e. The molecule has 0 unspecified atom stereocenters. The first kappa shape index (κ1) is 14.1. The summed E-state index contributed by atoms with van der Waals surface area (Å²) in [5.74, 6) is 0.558. The third-order valence-corrected chi connectivity index (χ3v) is 4.60. The smallest absolute Gasteiger partial charge is 0.251 e. The third-order valence-electron chi connectivity index (χ3n) is 4.60. The second-order valence-electron chi connectivity index (χ2n) is 6.37. The monoisotopic (exact) mass is 286 g/mol. The van der Waals surface area contributed by atoms with Gasteiger partial charge in [-0.25, -0.2) is 0 Å². The molecule has 0 bridgehead atoms. The van der Waals surface area contributed by atoms with Crippen LogP contribution in [0, 0.1) is 5.92 Å². The standard InChI is InChI=1S/C17H22N2O2/c1-12-4-7-17(21,8-5-12)11-19-16(20)14-2-3-15-13(10-14)6-9-18-15/h2-3,6,9-10,12,18,21H,4-5,7-8,11H2,1H3,(H,19,20). The lowest BCUT2D eigenvalue weighted by Gasteiger charge is -2.34. The highest BCUT2D eigenvalue weighted by molar-refractivity contribution is 5.98. The van der Waals surface area contributed by atoms with E-state index in [-0.39, 0.29) is 5.91 Å². The maximum atomic E-state index is 12.2. The molecule has 3 rings (SSSR count). The Kier molecular flexibility index (Phi) is 3.72. The van der Waals surface area contributed by atoms with E-state index in [1.54, 1.807) is 6.07 Å². The molecular formula is C17H22N2O2. The molecule has 1 aromatic carbocycles. The summed E-state index contributed by atoms with van der Waals surface area (Å²) in [6.45, 7) is 2.55. The zero-order valence-corrected chi connectivity index (χ0v) is 12.4. The highest BCUT2D eigenvalue weighted by Gasteiger charge is 2.32. The highest BCUT2D eigenvalue weighted by Crippen LogP contribution is 2.31.